The summed E-state index contributed by atoms with van der Waals surface area (Å²) in [7, 11) is 0. The summed E-state index contributed by atoms with van der Waals surface area (Å²) in [4.78, 5) is 31.1. The molecule has 1 fully saturated rings. The summed E-state index contributed by atoms with van der Waals surface area (Å²) in [5, 5.41) is 9.19. The van der Waals surface area contributed by atoms with Crippen molar-refractivity contribution in [2.75, 3.05) is 0 Å². The fraction of sp³-hybridized carbons (Fsp3) is 0.231. The van der Waals surface area contributed by atoms with Crippen molar-refractivity contribution in [1.82, 2.24) is 9.97 Å². The highest BCUT2D eigenvalue weighted by Gasteiger charge is 2.48. The lowest BCUT2D eigenvalue weighted by molar-refractivity contribution is -0.138. The second kappa shape index (κ2) is 4.28. The van der Waals surface area contributed by atoms with E-state index < -0.39 is 17.8 Å². The average Bonchev–Trinajstić information content (AvgIpc) is 3.18. The molecule has 0 bridgehead atoms. The molecule has 19 heavy (non-hydrogen) atoms. The summed E-state index contributed by atoms with van der Waals surface area (Å²) in [6.45, 7) is 0. The average molecular weight is 277 g/mol. The van der Waals surface area contributed by atoms with Gasteiger partial charge in [0.25, 0.3) is 0 Å². The lowest BCUT2D eigenvalue weighted by atomic mass is 10.0. The zero-order valence-corrected chi connectivity index (χ0v) is 10.5. The van der Waals surface area contributed by atoms with E-state index in [0.29, 0.717) is 28.0 Å². The van der Waals surface area contributed by atoms with E-state index in [2.05, 4.69) is 9.97 Å². The molecule has 1 aliphatic carbocycles. The molecule has 1 aromatic carbocycles. The third-order valence-corrected chi connectivity index (χ3v) is 3.54. The van der Waals surface area contributed by atoms with Crippen LogP contribution in [0.3, 0.4) is 0 Å². The van der Waals surface area contributed by atoms with Gasteiger partial charge in [-0.3, -0.25) is 19.6 Å². The number of fused-ring (bicyclic) bond motifs is 1. The fourth-order valence-corrected chi connectivity index (χ4v) is 2.41. The highest BCUT2D eigenvalue weighted by atomic mass is 35.5. The second-order valence-electron chi connectivity index (χ2n) is 4.53. The Labute approximate surface area is 113 Å². The molecule has 2 aromatic rings. The lowest BCUT2D eigenvalue weighted by Gasteiger charge is -2.03. The van der Waals surface area contributed by atoms with Gasteiger partial charge in [0.15, 0.2) is 5.78 Å². The topological polar surface area (TPSA) is 80.1 Å². The predicted molar refractivity (Wildman–Crippen MR) is 68.1 cm³/mol. The van der Waals surface area contributed by atoms with Crippen LogP contribution in [0.1, 0.15) is 16.8 Å². The largest absolute Gasteiger partial charge is 0.481 e. The molecule has 0 radical (unpaired) electrons. The Bertz CT molecular complexity index is 701. The van der Waals surface area contributed by atoms with Crippen molar-refractivity contribution < 1.29 is 14.7 Å². The van der Waals surface area contributed by atoms with Crippen molar-refractivity contribution in [1.29, 1.82) is 0 Å². The van der Waals surface area contributed by atoms with E-state index in [0.717, 1.165) is 0 Å². The summed E-state index contributed by atoms with van der Waals surface area (Å²) in [5.41, 5.74) is 1.46. The summed E-state index contributed by atoms with van der Waals surface area (Å²) >= 11 is 6.06. The number of benzene rings is 1. The molecule has 96 valence electrons. The van der Waals surface area contributed by atoms with Crippen LogP contribution in [-0.2, 0) is 4.79 Å². The van der Waals surface area contributed by atoms with Crippen molar-refractivity contribution in [2.24, 2.45) is 11.8 Å². The van der Waals surface area contributed by atoms with E-state index in [9.17, 15) is 9.59 Å². The zero-order valence-electron chi connectivity index (χ0n) is 9.71. The van der Waals surface area contributed by atoms with E-state index in [1.54, 1.807) is 6.07 Å². The Hall–Kier alpha value is -2.01. The van der Waals surface area contributed by atoms with Gasteiger partial charge >= 0.3 is 5.97 Å². The van der Waals surface area contributed by atoms with Gasteiger partial charge in [-0.1, -0.05) is 11.6 Å². The number of aromatic nitrogens is 2. The van der Waals surface area contributed by atoms with E-state index in [1.807, 2.05) is 0 Å². The number of carboxylic acid groups (broad SMARTS) is 1. The summed E-state index contributed by atoms with van der Waals surface area (Å²) < 4.78 is 0. The number of aliphatic carboxylic acids is 1. The van der Waals surface area contributed by atoms with E-state index in [-0.39, 0.29) is 5.78 Å². The first-order valence-electron chi connectivity index (χ1n) is 5.75. The van der Waals surface area contributed by atoms with Crippen LogP contribution in [-0.4, -0.2) is 26.8 Å². The van der Waals surface area contributed by atoms with Crippen LogP contribution in [0.4, 0.5) is 0 Å². The number of Topliss-reactive ketones (excluding diaryl/α,β-unsaturated/α-hetero) is 1. The van der Waals surface area contributed by atoms with Gasteiger partial charge in [0.1, 0.15) is 5.52 Å². The molecular weight excluding hydrogens is 268 g/mol. The lowest BCUT2D eigenvalue weighted by Crippen LogP contribution is -2.08. The zero-order chi connectivity index (χ0) is 13.6. The predicted octanol–water partition coefficient (Wildman–Crippen LogP) is 2.19. The minimum absolute atomic E-state index is 0.193. The molecule has 5 nitrogen and oxygen atoms in total. The molecule has 0 saturated heterocycles. The molecule has 1 saturated carbocycles. The molecule has 1 aliphatic rings. The van der Waals surface area contributed by atoms with Gasteiger partial charge in [0.05, 0.1) is 16.5 Å². The van der Waals surface area contributed by atoms with Crippen molar-refractivity contribution in [3.63, 3.8) is 0 Å². The van der Waals surface area contributed by atoms with Gasteiger partial charge in [-0.2, -0.15) is 0 Å². The van der Waals surface area contributed by atoms with Crippen LogP contribution in [0.5, 0.6) is 0 Å². The molecule has 6 heteroatoms. The molecule has 0 aliphatic heterocycles. The molecule has 1 N–H and O–H groups in total. The van der Waals surface area contributed by atoms with Gasteiger partial charge in [0, 0.05) is 23.9 Å². The molecule has 0 spiro atoms. The Kier molecular flexibility index (Phi) is 2.71. The van der Waals surface area contributed by atoms with Crippen molar-refractivity contribution in [3.05, 3.63) is 35.1 Å². The third-order valence-electron chi connectivity index (χ3n) is 3.26. The normalized spacial score (nSPS) is 21.3. The number of rotatable bonds is 3. The first-order valence-corrected chi connectivity index (χ1v) is 6.13. The Morgan fingerprint density at radius 3 is 2.63 bits per heavy atom. The number of carbonyl (C=O) groups is 2. The summed E-state index contributed by atoms with van der Waals surface area (Å²) in [5.74, 6) is -2.13. The highest BCUT2D eigenvalue weighted by Crippen LogP contribution is 2.41. The number of hydrogen-bond donors (Lipinski definition) is 1. The molecular formula is C13H9ClN2O3. The van der Waals surface area contributed by atoms with Gasteiger partial charge in [-0.05, 0) is 18.6 Å². The maximum atomic E-state index is 12.1. The van der Waals surface area contributed by atoms with Crippen LogP contribution in [0, 0.1) is 11.8 Å². The van der Waals surface area contributed by atoms with Crippen LogP contribution in [0.15, 0.2) is 24.5 Å². The number of hydrogen-bond acceptors (Lipinski definition) is 4. The molecule has 0 amide bonds. The number of carboxylic acids is 1. The molecule has 1 aromatic heterocycles. The first-order chi connectivity index (χ1) is 9.08. The van der Waals surface area contributed by atoms with Crippen LogP contribution in [0.2, 0.25) is 5.02 Å². The Morgan fingerprint density at radius 2 is 1.95 bits per heavy atom. The van der Waals surface area contributed by atoms with Gasteiger partial charge in [-0.15, -0.1) is 0 Å². The highest BCUT2D eigenvalue weighted by molar-refractivity contribution is 6.35. The van der Waals surface area contributed by atoms with Crippen LogP contribution in [0.25, 0.3) is 11.0 Å². The van der Waals surface area contributed by atoms with E-state index in [1.165, 1.54) is 18.5 Å². The van der Waals surface area contributed by atoms with Gasteiger partial charge < -0.3 is 5.11 Å². The van der Waals surface area contributed by atoms with Crippen LogP contribution < -0.4 is 0 Å². The Morgan fingerprint density at radius 1 is 1.21 bits per heavy atom. The van der Waals surface area contributed by atoms with Gasteiger partial charge in [0.2, 0.25) is 0 Å². The number of halogens is 1. The number of ketones is 1. The van der Waals surface area contributed by atoms with E-state index in [4.69, 9.17) is 16.7 Å². The number of carbonyl (C=O) groups excluding carboxylic acids is 1. The quantitative estimate of drug-likeness (QED) is 0.869. The van der Waals surface area contributed by atoms with Crippen molar-refractivity contribution in [3.8, 4) is 0 Å². The molecule has 3 rings (SSSR count). The maximum absolute atomic E-state index is 12.1. The Balaban J connectivity index is 1.98. The standard InChI is InChI=1S/C13H9ClN2O3/c14-9-3-6(4-10-11(9)16-2-1-15-10)12(17)7-5-8(7)13(18)19/h1-4,7-8H,5H2,(H,18,19). The monoisotopic (exact) mass is 276 g/mol. The molecule has 1 heterocycles. The molecule has 2 atom stereocenters. The summed E-state index contributed by atoms with van der Waals surface area (Å²) in [6.07, 6.45) is 3.44. The molecule has 2 unspecified atom stereocenters. The summed E-state index contributed by atoms with van der Waals surface area (Å²) in [6, 6.07) is 3.13. The van der Waals surface area contributed by atoms with Crippen molar-refractivity contribution >= 4 is 34.4 Å². The second-order valence-corrected chi connectivity index (χ2v) is 4.94. The minimum atomic E-state index is -0.926. The van der Waals surface area contributed by atoms with Crippen molar-refractivity contribution in [2.45, 2.75) is 6.42 Å². The first kappa shape index (κ1) is 12.0. The fourth-order valence-electron chi connectivity index (χ4n) is 2.15. The van der Waals surface area contributed by atoms with E-state index >= 15 is 0 Å². The minimum Gasteiger partial charge on any atom is -0.481 e. The third kappa shape index (κ3) is 2.06. The smallest absolute Gasteiger partial charge is 0.307 e. The maximum Gasteiger partial charge on any atom is 0.307 e. The SMILES string of the molecule is O=C(O)C1CC1C(=O)c1cc(Cl)c2nccnc2c1. The van der Waals surface area contributed by atoms with Crippen LogP contribution >= 0.6 is 11.6 Å². The van der Waals surface area contributed by atoms with Gasteiger partial charge in [-0.25, -0.2) is 0 Å². The number of nitrogens with zero attached hydrogens (tertiary/aromatic N) is 2.